The van der Waals surface area contributed by atoms with Crippen molar-refractivity contribution in [3.8, 4) is 11.3 Å². The Morgan fingerprint density at radius 2 is 2.41 bits per heavy atom. The Kier molecular flexibility index (Phi) is 3.58. The van der Waals surface area contributed by atoms with Crippen LogP contribution in [0.25, 0.3) is 11.3 Å². The van der Waals surface area contributed by atoms with Crippen molar-refractivity contribution in [2.45, 2.75) is 26.2 Å². The van der Waals surface area contributed by atoms with Gasteiger partial charge in [0.15, 0.2) is 0 Å². The van der Waals surface area contributed by atoms with Crippen LogP contribution in [0.5, 0.6) is 0 Å². The third-order valence-electron chi connectivity index (χ3n) is 2.72. The van der Waals surface area contributed by atoms with Gasteiger partial charge in [0.1, 0.15) is 0 Å². The molecule has 0 fully saturated rings. The molecule has 0 aliphatic rings. The molecule has 0 aromatic carbocycles. The smallest absolute Gasteiger partial charge is 0.217 e. The number of aryl methyl sites for hydroxylation is 1. The number of aromatic amines is 1. The number of hydrogen-bond acceptors (Lipinski definition) is 3. The Morgan fingerprint density at radius 1 is 1.59 bits per heavy atom. The highest BCUT2D eigenvalue weighted by atomic mass is 32.1. The van der Waals surface area contributed by atoms with Crippen molar-refractivity contribution in [1.82, 2.24) is 10.2 Å². The molecule has 4 nitrogen and oxygen atoms in total. The van der Waals surface area contributed by atoms with Crippen molar-refractivity contribution in [1.29, 1.82) is 0 Å². The number of nitrogens with two attached hydrogens (primary N) is 1. The average molecular weight is 249 g/mol. The molecular weight excluding hydrogens is 234 g/mol. The minimum Gasteiger partial charge on any atom is -0.370 e. The second-order valence-corrected chi connectivity index (χ2v) is 4.64. The number of H-pyrrole nitrogens is 1. The van der Waals surface area contributed by atoms with Crippen LogP contribution in [0.2, 0.25) is 0 Å². The van der Waals surface area contributed by atoms with Crippen molar-refractivity contribution in [3.05, 3.63) is 28.1 Å². The molecule has 0 radical (unpaired) electrons. The van der Waals surface area contributed by atoms with E-state index in [4.69, 9.17) is 5.73 Å². The molecule has 5 heteroatoms. The highest BCUT2D eigenvalue weighted by molar-refractivity contribution is 7.08. The maximum Gasteiger partial charge on any atom is 0.217 e. The third kappa shape index (κ3) is 2.55. The molecule has 2 aromatic heterocycles. The van der Waals surface area contributed by atoms with Gasteiger partial charge in [0, 0.05) is 28.6 Å². The summed E-state index contributed by atoms with van der Waals surface area (Å²) in [6.07, 6.45) is 1.90. The molecule has 2 rings (SSSR count). The van der Waals surface area contributed by atoms with Crippen LogP contribution >= 0.6 is 11.3 Å². The van der Waals surface area contributed by atoms with Gasteiger partial charge in [-0.25, -0.2) is 0 Å². The van der Waals surface area contributed by atoms with E-state index in [2.05, 4.69) is 22.5 Å². The van der Waals surface area contributed by atoms with Crippen LogP contribution in [0.1, 0.15) is 24.6 Å². The van der Waals surface area contributed by atoms with Crippen LogP contribution in [-0.2, 0) is 17.6 Å². The van der Waals surface area contributed by atoms with Gasteiger partial charge in [-0.2, -0.15) is 16.4 Å². The van der Waals surface area contributed by atoms with Gasteiger partial charge in [0.2, 0.25) is 5.91 Å². The minimum absolute atomic E-state index is 0.274. The minimum atomic E-state index is -0.274. The number of hydrogen-bond donors (Lipinski definition) is 2. The largest absolute Gasteiger partial charge is 0.370 e. The molecule has 0 unspecified atom stereocenters. The van der Waals surface area contributed by atoms with Gasteiger partial charge in [-0.05, 0) is 24.3 Å². The summed E-state index contributed by atoms with van der Waals surface area (Å²) >= 11 is 1.64. The molecule has 2 aromatic rings. The van der Waals surface area contributed by atoms with Gasteiger partial charge in [-0.1, -0.05) is 6.92 Å². The first-order valence-electron chi connectivity index (χ1n) is 5.59. The standard InChI is InChI=1S/C12H15N3OS/c1-2-10-9(3-4-11(13)16)12(15-14-10)8-5-6-17-7-8/h5-7H,2-4H2,1H3,(H2,13,16)(H,14,15). The normalized spacial score (nSPS) is 10.6. The molecule has 1 amide bonds. The van der Waals surface area contributed by atoms with Gasteiger partial charge in [-0.3, -0.25) is 9.89 Å². The molecule has 0 saturated heterocycles. The van der Waals surface area contributed by atoms with E-state index in [0.29, 0.717) is 12.8 Å². The molecule has 17 heavy (non-hydrogen) atoms. The molecule has 0 bridgehead atoms. The summed E-state index contributed by atoms with van der Waals surface area (Å²) in [6.45, 7) is 2.07. The molecule has 0 spiro atoms. The van der Waals surface area contributed by atoms with Crippen LogP contribution in [0, 0.1) is 0 Å². The van der Waals surface area contributed by atoms with Gasteiger partial charge in [0.05, 0.1) is 5.69 Å². The van der Waals surface area contributed by atoms with Crippen LogP contribution in [0.15, 0.2) is 16.8 Å². The van der Waals surface area contributed by atoms with Gasteiger partial charge in [0.25, 0.3) is 0 Å². The monoisotopic (exact) mass is 249 g/mol. The average Bonchev–Trinajstić information content (AvgIpc) is 2.94. The van der Waals surface area contributed by atoms with Crippen molar-refractivity contribution in [3.63, 3.8) is 0 Å². The van der Waals surface area contributed by atoms with Crippen LogP contribution in [0.4, 0.5) is 0 Å². The maximum atomic E-state index is 10.9. The van der Waals surface area contributed by atoms with Crippen molar-refractivity contribution < 1.29 is 4.79 Å². The number of thiophene rings is 1. The van der Waals surface area contributed by atoms with Gasteiger partial charge < -0.3 is 5.73 Å². The number of carbonyl (C=O) groups excluding carboxylic acids is 1. The van der Waals surface area contributed by atoms with E-state index < -0.39 is 0 Å². The first-order valence-corrected chi connectivity index (χ1v) is 6.53. The Labute approximate surface area is 104 Å². The Balaban J connectivity index is 2.32. The van der Waals surface area contributed by atoms with E-state index in [1.165, 1.54) is 0 Å². The summed E-state index contributed by atoms with van der Waals surface area (Å²) in [4.78, 5) is 10.9. The predicted molar refractivity (Wildman–Crippen MR) is 68.8 cm³/mol. The summed E-state index contributed by atoms with van der Waals surface area (Å²) in [5, 5.41) is 11.5. The summed E-state index contributed by atoms with van der Waals surface area (Å²) in [5.41, 5.74) is 9.46. The summed E-state index contributed by atoms with van der Waals surface area (Å²) in [6, 6.07) is 2.04. The lowest BCUT2D eigenvalue weighted by molar-refractivity contribution is -0.117. The number of rotatable bonds is 5. The van der Waals surface area contributed by atoms with E-state index in [1.807, 2.05) is 11.4 Å². The highest BCUT2D eigenvalue weighted by Gasteiger charge is 2.14. The molecule has 90 valence electrons. The molecule has 3 N–H and O–H groups in total. The van der Waals surface area contributed by atoms with E-state index >= 15 is 0 Å². The summed E-state index contributed by atoms with van der Waals surface area (Å²) in [7, 11) is 0. The molecular formula is C12H15N3OS. The number of carbonyl (C=O) groups is 1. The Bertz CT molecular complexity index is 502. The Hall–Kier alpha value is -1.62. The van der Waals surface area contributed by atoms with E-state index in [0.717, 1.165) is 28.9 Å². The fourth-order valence-corrected chi connectivity index (χ4v) is 2.49. The quantitative estimate of drug-likeness (QED) is 0.852. The fourth-order valence-electron chi connectivity index (χ4n) is 1.85. The van der Waals surface area contributed by atoms with Gasteiger partial charge >= 0.3 is 0 Å². The molecule has 0 aliphatic carbocycles. The summed E-state index contributed by atoms with van der Waals surface area (Å²) in [5.74, 6) is -0.274. The van der Waals surface area contributed by atoms with Crippen LogP contribution in [-0.4, -0.2) is 16.1 Å². The molecule has 0 saturated carbocycles. The zero-order chi connectivity index (χ0) is 12.3. The zero-order valence-corrected chi connectivity index (χ0v) is 10.5. The fraction of sp³-hybridized carbons (Fsp3) is 0.333. The van der Waals surface area contributed by atoms with E-state index in [9.17, 15) is 4.79 Å². The first-order chi connectivity index (χ1) is 8.22. The van der Waals surface area contributed by atoms with Crippen LogP contribution in [0.3, 0.4) is 0 Å². The second-order valence-electron chi connectivity index (χ2n) is 3.86. The van der Waals surface area contributed by atoms with Crippen molar-refractivity contribution in [2.24, 2.45) is 5.73 Å². The lowest BCUT2D eigenvalue weighted by Crippen LogP contribution is -2.11. The number of nitrogens with one attached hydrogen (secondary N) is 1. The summed E-state index contributed by atoms with van der Waals surface area (Å²) < 4.78 is 0. The zero-order valence-electron chi connectivity index (χ0n) is 9.69. The number of amides is 1. The lowest BCUT2D eigenvalue weighted by atomic mass is 10.0. The van der Waals surface area contributed by atoms with Crippen molar-refractivity contribution >= 4 is 17.2 Å². The number of nitrogens with zero attached hydrogens (tertiary/aromatic N) is 1. The predicted octanol–water partition coefficient (Wildman–Crippen LogP) is 2.12. The highest BCUT2D eigenvalue weighted by Crippen LogP contribution is 2.27. The van der Waals surface area contributed by atoms with E-state index in [1.54, 1.807) is 11.3 Å². The topological polar surface area (TPSA) is 71.8 Å². The van der Waals surface area contributed by atoms with E-state index in [-0.39, 0.29) is 5.91 Å². The molecule has 2 heterocycles. The third-order valence-corrected chi connectivity index (χ3v) is 3.41. The van der Waals surface area contributed by atoms with Gasteiger partial charge in [-0.15, -0.1) is 0 Å². The maximum absolute atomic E-state index is 10.9. The van der Waals surface area contributed by atoms with Crippen LogP contribution < -0.4 is 5.73 Å². The second kappa shape index (κ2) is 5.14. The number of aromatic nitrogens is 2. The number of primary amides is 1. The molecule has 0 aliphatic heterocycles. The SMILES string of the molecule is CCc1[nH]nc(-c2ccsc2)c1CCC(N)=O. The molecule has 0 atom stereocenters. The first kappa shape index (κ1) is 11.9. The van der Waals surface area contributed by atoms with Crippen molar-refractivity contribution in [2.75, 3.05) is 0 Å². The lowest BCUT2D eigenvalue weighted by Gasteiger charge is -2.02. The Morgan fingerprint density at radius 3 is 3.00 bits per heavy atom.